The maximum absolute atomic E-state index is 13.6. The Morgan fingerprint density at radius 1 is 1.06 bits per heavy atom. The summed E-state index contributed by atoms with van der Waals surface area (Å²) >= 11 is 0. The van der Waals surface area contributed by atoms with Crippen LogP contribution in [-0.4, -0.2) is 95.2 Å². The average molecular weight is 482 g/mol. The number of ketones is 1. The van der Waals surface area contributed by atoms with Crippen molar-refractivity contribution >= 4 is 28.5 Å². The van der Waals surface area contributed by atoms with Gasteiger partial charge in [0.2, 0.25) is 5.91 Å². The van der Waals surface area contributed by atoms with Crippen molar-refractivity contribution in [2.75, 3.05) is 45.8 Å². The summed E-state index contributed by atoms with van der Waals surface area (Å²) in [5.41, 5.74) is 1.17. The Morgan fingerprint density at radius 3 is 2.49 bits per heavy atom. The number of aromatic nitrogens is 1. The second-order valence-electron chi connectivity index (χ2n) is 10.1. The quantitative estimate of drug-likeness (QED) is 0.425. The second-order valence-corrected chi connectivity index (χ2v) is 10.1. The highest BCUT2D eigenvalue weighted by atomic mass is 16.2. The lowest BCUT2D eigenvalue weighted by atomic mass is 9.93. The van der Waals surface area contributed by atoms with Gasteiger partial charge in [0.05, 0.1) is 5.56 Å². The second kappa shape index (κ2) is 11.8. The van der Waals surface area contributed by atoms with Crippen LogP contribution >= 0.6 is 0 Å². The molecule has 8 heteroatoms. The number of nitrogens with zero attached hydrogens (tertiary/aromatic N) is 3. The van der Waals surface area contributed by atoms with Gasteiger partial charge in [-0.1, -0.05) is 37.5 Å². The molecule has 0 spiro atoms. The summed E-state index contributed by atoms with van der Waals surface area (Å²) in [6, 6.07) is 7.73. The van der Waals surface area contributed by atoms with Gasteiger partial charge < -0.3 is 20.1 Å². The molecule has 1 saturated heterocycles. The predicted molar refractivity (Wildman–Crippen MR) is 137 cm³/mol. The fourth-order valence-corrected chi connectivity index (χ4v) is 5.48. The third-order valence-corrected chi connectivity index (χ3v) is 7.35. The van der Waals surface area contributed by atoms with Crippen molar-refractivity contribution in [1.29, 1.82) is 0 Å². The molecule has 190 valence electrons. The summed E-state index contributed by atoms with van der Waals surface area (Å²) < 4.78 is 0. The summed E-state index contributed by atoms with van der Waals surface area (Å²) in [6.07, 6.45) is 7.09. The molecule has 1 aromatic heterocycles. The molecule has 1 aromatic carbocycles. The Balaban J connectivity index is 1.52. The van der Waals surface area contributed by atoms with Crippen LogP contribution in [0.3, 0.4) is 0 Å². The van der Waals surface area contributed by atoms with Crippen LogP contribution in [0, 0.1) is 0 Å². The monoisotopic (exact) mass is 481 g/mol. The van der Waals surface area contributed by atoms with Crippen molar-refractivity contribution in [1.82, 2.24) is 25.0 Å². The highest BCUT2D eigenvalue weighted by molar-refractivity contribution is 6.45. The average Bonchev–Trinajstić information content (AvgIpc) is 3.31. The number of hydrogen-bond acceptors (Lipinski definition) is 5. The number of Topliss-reactive ketones (excluding diaryl/α,β-unsaturated/α-hetero) is 1. The molecular formula is C27H39N5O3. The molecular weight excluding hydrogens is 442 g/mol. The van der Waals surface area contributed by atoms with E-state index < -0.39 is 11.7 Å². The lowest BCUT2D eigenvalue weighted by molar-refractivity contribution is -0.142. The van der Waals surface area contributed by atoms with E-state index in [1.54, 1.807) is 6.20 Å². The number of rotatable bonds is 9. The number of nitrogens with one attached hydrogen (secondary N) is 2. The standard InChI is InChI=1S/C27H39N5O3/c1-20(2)32(21-8-4-3-5-9-21)25(33)19-31(17-16-30-14-12-28-13-15-30)27(35)26(34)23-18-29-24-11-7-6-10-22(23)24/h6-7,10-11,18,20-21,28-29H,3-5,8-9,12-17,19H2,1-2H3. The van der Waals surface area contributed by atoms with E-state index in [1.165, 1.54) is 11.3 Å². The molecule has 8 nitrogen and oxygen atoms in total. The van der Waals surface area contributed by atoms with Crippen molar-refractivity contribution in [3.63, 3.8) is 0 Å². The van der Waals surface area contributed by atoms with Crippen molar-refractivity contribution in [3.8, 4) is 0 Å². The maximum atomic E-state index is 13.6. The van der Waals surface area contributed by atoms with Crippen LogP contribution in [0.1, 0.15) is 56.3 Å². The van der Waals surface area contributed by atoms with Crippen LogP contribution in [0.4, 0.5) is 0 Å². The summed E-state index contributed by atoms with van der Waals surface area (Å²) in [7, 11) is 0. The lowest BCUT2D eigenvalue weighted by Crippen LogP contribution is -2.53. The van der Waals surface area contributed by atoms with Crippen LogP contribution in [0.2, 0.25) is 0 Å². The molecule has 1 saturated carbocycles. The Labute approximate surface area is 208 Å². The number of carbonyl (C=O) groups excluding carboxylic acids is 3. The molecule has 2 fully saturated rings. The third-order valence-electron chi connectivity index (χ3n) is 7.35. The summed E-state index contributed by atoms with van der Waals surface area (Å²) in [5, 5.41) is 4.06. The van der Waals surface area contributed by atoms with E-state index in [-0.39, 0.29) is 24.5 Å². The van der Waals surface area contributed by atoms with Crippen molar-refractivity contribution in [2.45, 2.75) is 58.0 Å². The van der Waals surface area contributed by atoms with E-state index in [2.05, 4.69) is 15.2 Å². The van der Waals surface area contributed by atoms with Crippen LogP contribution in [0.5, 0.6) is 0 Å². The molecule has 2 amide bonds. The normalized spacial score (nSPS) is 17.6. The first-order valence-corrected chi connectivity index (χ1v) is 13.1. The number of piperazine rings is 1. The summed E-state index contributed by atoms with van der Waals surface area (Å²) in [4.78, 5) is 49.2. The smallest absolute Gasteiger partial charge is 0.295 e. The van der Waals surface area contributed by atoms with E-state index in [9.17, 15) is 14.4 Å². The van der Waals surface area contributed by atoms with Gasteiger partial charge in [0.1, 0.15) is 6.54 Å². The number of benzene rings is 1. The Kier molecular flexibility index (Phi) is 8.57. The van der Waals surface area contributed by atoms with E-state index in [0.29, 0.717) is 18.7 Å². The Morgan fingerprint density at radius 2 is 1.77 bits per heavy atom. The van der Waals surface area contributed by atoms with Gasteiger partial charge in [0.25, 0.3) is 11.7 Å². The molecule has 4 rings (SSSR count). The van der Waals surface area contributed by atoms with Gasteiger partial charge >= 0.3 is 0 Å². The third kappa shape index (κ3) is 6.11. The van der Waals surface area contributed by atoms with Crippen LogP contribution < -0.4 is 5.32 Å². The van der Waals surface area contributed by atoms with Gasteiger partial charge in [0.15, 0.2) is 0 Å². The fraction of sp³-hybridized carbons (Fsp3) is 0.593. The number of hydrogen-bond donors (Lipinski definition) is 2. The minimum Gasteiger partial charge on any atom is -0.360 e. The minimum atomic E-state index is -0.606. The molecule has 1 aliphatic carbocycles. The minimum absolute atomic E-state index is 0.0556. The van der Waals surface area contributed by atoms with Gasteiger partial charge in [0, 0.05) is 68.5 Å². The lowest BCUT2D eigenvalue weighted by Gasteiger charge is -2.39. The van der Waals surface area contributed by atoms with Crippen molar-refractivity contribution < 1.29 is 14.4 Å². The van der Waals surface area contributed by atoms with Gasteiger partial charge in [-0.25, -0.2) is 0 Å². The first-order valence-electron chi connectivity index (χ1n) is 13.1. The fourth-order valence-electron chi connectivity index (χ4n) is 5.48. The zero-order chi connectivity index (χ0) is 24.8. The van der Waals surface area contributed by atoms with Gasteiger partial charge in [-0.05, 0) is 32.8 Å². The maximum Gasteiger partial charge on any atom is 0.295 e. The van der Waals surface area contributed by atoms with Crippen molar-refractivity contribution in [2.24, 2.45) is 0 Å². The zero-order valence-corrected chi connectivity index (χ0v) is 21.1. The highest BCUT2D eigenvalue weighted by Crippen LogP contribution is 2.25. The van der Waals surface area contributed by atoms with Crippen LogP contribution in [0.15, 0.2) is 30.5 Å². The number of aromatic amines is 1. The number of para-hydroxylation sites is 1. The molecule has 2 N–H and O–H groups in total. The molecule has 0 atom stereocenters. The van der Waals surface area contributed by atoms with Gasteiger partial charge in [-0.2, -0.15) is 0 Å². The molecule has 2 aromatic rings. The number of amides is 2. The van der Waals surface area contributed by atoms with Gasteiger partial charge in [-0.15, -0.1) is 0 Å². The van der Waals surface area contributed by atoms with E-state index >= 15 is 0 Å². The molecule has 2 heterocycles. The predicted octanol–water partition coefficient (Wildman–Crippen LogP) is 2.65. The van der Waals surface area contributed by atoms with Crippen LogP contribution in [0.25, 0.3) is 10.9 Å². The Hall–Kier alpha value is -2.71. The van der Waals surface area contributed by atoms with Crippen molar-refractivity contribution in [3.05, 3.63) is 36.0 Å². The van der Waals surface area contributed by atoms with E-state index in [1.807, 2.05) is 43.0 Å². The van der Waals surface area contributed by atoms with Gasteiger partial charge in [-0.3, -0.25) is 19.3 Å². The zero-order valence-electron chi connectivity index (χ0n) is 21.1. The highest BCUT2D eigenvalue weighted by Gasteiger charge is 2.32. The van der Waals surface area contributed by atoms with E-state index in [0.717, 1.165) is 62.8 Å². The number of H-pyrrole nitrogens is 1. The molecule has 2 aliphatic rings. The first-order chi connectivity index (χ1) is 17.0. The SMILES string of the molecule is CC(C)N(C(=O)CN(CCN1CCNCC1)C(=O)C(=O)c1c[nH]c2ccccc12)C1CCCCC1. The summed E-state index contributed by atoms with van der Waals surface area (Å²) in [6.45, 7) is 8.62. The molecule has 35 heavy (non-hydrogen) atoms. The largest absolute Gasteiger partial charge is 0.360 e. The van der Waals surface area contributed by atoms with Crippen LogP contribution in [-0.2, 0) is 9.59 Å². The number of carbonyl (C=O) groups is 3. The molecule has 0 bridgehead atoms. The number of fused-ring (bicyclic) bond motifs is 1. The molecule has 1 aliphatic heterocycles. The molecule has 0 unspecified atom stereocenters. The topological polar surface area (TPSA) is 88.8 Å². The summed E-state index contributed by atoms with van der Waals surface area (Å²) in [5.74, 6) is -1.23. The van der Waals surface area contributed by atoms with E-state index in [4.69, 9.17) is 0 Å². The first kappa shape index (κ1) is 25.4. The Bertz CT molecular complexity index is 1020. The molecule has 0 radical (unpaired) electrons.